The number of sulfonamides is 1. The molecular formula is C24H32N2O4S. The van der Waals surface area contributed by atoms with E-state index in [1.807, 2.05) is 25.7 Å². The summed E-state index contributed by atoms with van der Waals surface area (Å²) in [7, 11) is -0.881. The highest BCUT2D eigenvalue weighted by Crippen LogP contribution is 2.32. The molecule has 31 heavy (non-hydrogen) atoms. The lowest BCUT2D eigenvalue weighted by Crippen LogP contribution is -2.44. The number of hydrogen-bond acceptors (Lipinski definition) is 4. The van der Waals surface area contributed by atoms with Crippen LogP contribution < -0.4 is 9.04 Å². The minimum absolute atomic E-state index is 0.0477. The van der Waals surface area contributed by atoms with Crippen molar-refractivity contribution in [3.63, 3.8) is 0 Å². The first-order chi connectivity index (χ1) is 14.7. The number of rotatable bonds is 7. The molecule has 0 radical (unpaired) electrons. The summed E-state index contributed by atoms with van der Waals surface area (Å²) < 4.78 is 33.3. The number of hydrogen-bond donors (Lipinski definition) is 0. The second-order valence-corrected chi connectivity index (χ2v) is 10.3. The van der Waals surface area contributed by atoms with Crippen LogP contribution >= 0.6 is 0 Å². The lowest BCUT2D eigenvalue weighted by molar-refractivity contribution is 0.0612. The average molecular weight is 445 g/mol. The van der Waals surface area contributed by atoms with E-state index >= 15 is 0 Å². The lowest BCUT2D eigenvalue weighted by Gasteiger charge is -2.33. The molecule has 0 heterocycles. The summed E-state index contributed by atoms with van der Waals surface area (Å²) in [5.41, 5.74) is 1.65. The van der Waals surface area contributed by atoms with Crippen molar-refractivity contribution in [2.24, 2.45) is 0 Å². The Bertz CT molecular complexity index is 1040. The Morgan fingerprint density at radius 3 is 2.35 bits per heavy atom. The van der Waals surface area contributed by atoms with Crippen LogP contribution in [0.5, 0.6) is 5.75 Å². The van der Waals surface area contributed by atoms with Gasteiger partial charge in [0.2, 0.25) is 0 Å². The molecule has 1 aliphatic rings. The number of methoxy groups -OCH3 is 1. The summed E-state index contributed by atoms with van der Waals surface area (Å²) in [6, 6.07) is 12.0. The fraction of sp³-hybridized carbons (Fsp3) is 0.458. The number of ether oxygens (including phenoxy) is 1. The van der Waals surface area contributed by atoms with Crippen molar-refractivity contribution in [3.8, 4) is 5.75 Å². The minimum Gasteiger partial charge on any atom is -0.495 e. The molecule has 0 unspecified atom stereocenters. The zero-order valence-corrected chi connectivity index (χ0v) is 19.8. The summed E-state index contributed by atoms with van der Waals surface area (Å²) in [6.45, 7) is 5.88. The van der Waals surface area contributed by atoms with Crippen molar-refractivity contribution < 1.29 is 17.9 Å². The molecule has 1 saturated carbocycles. The second-order valence-electron chi connectivity index (χ2n) is 8.37. The van der Waals surface area contributed by atoms with E-state index in [1.165, 1.54) is 24.5 Å². The van der Waals surface area contributed by atoms with Crippen LogP contribution in [-0.2, 0) is 10.0 Å². The zero-order valence-electron chi connectivity index (χ0n) is 19.0. The van der Waals surface area contributed by atoms with Crippen LogP contribution in [0.2, 0.25) is 0 Å². The predicted molar refractivity (Wildman–Crippen MR) is 123 cm³/mol. The normalized spacial score (nSPS) is 14.6. The predicted octanol–water partition coefficient (Wildman–Crippen LogP) is 4.62. The number of amides is 1. The van der Waals surface area contributed by atoms with Crippen molar-refractivity contribution in [1.29, 1.82) is 0 Å². The van der Waals surface area contributed by atoms with Crippen LogP contribution in [0.25, 0.3) is 0 Å². The summed E-state index contributed by atoms with van der Waals surface area (Å²) in [6.07, 6.45) is 4.24. The Morgan fingerprint density at radius 1 is 1.10 bits per heavy atom. The average Bonchev–Trinajstić information content (AvgIpc) is 3.27. The fourth-order valence-corrected chi connectivity index (χ4v) is 5.55. The molecule has 7 heteroatoms. The molecule has 1 fully saturated rings. The van der Waals surface area contributed by atoms with Gasteiger partial charge in [-0.25, -0.2) is 8.42 Å². The van der Waals surface area contributed by atoms with Gasteiger partial charge < -0.3 is 9.64 Å². The van der Waals surface area contributed by atoms with Crippen LogP contribution in [0.1, 0.15) is 55.5 Å². The maximum Gasteiger partial charge on any atom is 0.264 e. The molecule has 3 rings (SSSR count). The Kier molecular flexibility index (Phi) is 6.94. The van der Waals surface area contributed by atoms with E-state index in [4.69, 9.17) is 4.74 Å². The molecular weight excluding hydrogens is 412 g/mol. The second kappa shape index (κ2) is 9.30. The third-order valence-corrected chi connectivity index (χ3v) is 7.80. The van der Waals surface area contributed by atoms with E-state index in [0.29, 0.717) is 17.0 Å². The largest absolute Gasteiger partial charge is 0.495 e. The summed E-state index contributed by atoms with van der Waals surface area (Å²) in [5.74, 6) is 0.362. The fourth-order valence-electron chi connectivity index (χ4n) is 4.31. The molecule has 0 aromatic heterocycles. The Balaban J connectivity index is 2.00. The smallest absolute Gasteiger partial charge is 0.264 e. The van der Waals surface area contributed by atoms with Gasteiger partial charge in [-0.3, -0.25) is 9.10 Å². The first-order valence-corrected chi connectivity index (χ1v) is 12.2. The molecule has 168 valence electrons. The monoisotopic (exact) mass is 444 g/mol. The number of carbonyl (C=O) groups excluding carboxylic acids is 1. The van der Waals surface area contributed by atoms with E-state index in [9.17, 15) is 13.2 Å². The van der Waals surface area contributed by atoms with Gasteiger partial charge >= 0.3 is 0 Å². The Morgan fingerprint density at radius 2 is 1.74 bits per heavy atom. The highest BCUT2D eigenvalue weighted by Gasteiger charge is 2.31. The van der Waals surface area contributed by atoms with E-state index in [2.05, 4.69) is 0 Å². The molecule has 2 aromatic carbocycles. The highest BCUT2D eigenvalue weighted by molar-refractivity contribution is 7.92. The highest BCUT2D eigenvalue weighted by atomic mass is 32.2. The SMILES string of the molecule is COc1ccccc1N(C)S(=O)(=O)c1ccc(C)c(C(=O)N(C(C)C)C2CCCC2)c1. The first kappa shape index (κ1) is 23.1. The van der Waals surface area contributed by atoms with Crippen LogP contribution in [-0.4, -0.2) is 45.5 Å². The molecule has 0 spiro atoms. The van der Waals surface area contributed by atoms with E-state index < -0.39 is 10.0 Å². The van der Waals surface area contributed by atoms with Crippen LogP contribution in [0.3, 0.4) is 0 Å². The van der Waals surface area contributed by atoms with Gasteiger partial charge in [0, 0.05) is 24.7 Å². The van der Waals surface area contributed by atoms with Gasteiger partial charge in [-0.1, -0.05) is 31.0 Å². The number of anilines is 1. The number of aryl methyl sites for hydroxylation is 1. The van der Waals surface area contributed by atoms with Crippen molar-refractivity contribution in [3.05, 3.63) is 53.6 Å². The maximum absolute atomic E-state index is 13.5. The molecule has 2 aromatic rings. The molecule has 0 saturated heterocycles. The lowest BCUT2D eigenvalue weighted by atomic mass is 10.0. The zero-order chi connectivity index (χ0) is 22.8. The summed E-state index contributed by atoms with van der Waals surface area (Å²) in [4.78, 5) is 15.5. The van der Waals surface area contributed by atoms with Crippen molar-refractivity contribution >= 4 is 21.6 Å². The molecule has 0 N–H and O–H groups in total. The van der Waals surface area contributed by atoms with E-state index in [-0.39, 0.29) is 22.9 Å². The van der Waals surface area contributed by atoms with Crippen LogP contribution in [0, 0.1) is 6.92 Å². The number of benzene rings is 2. The quantitative estimate of drug-likeness (QED) is 0.625. The summed E-state index contributed by atoms with van der Waals surface area (Å²) in [5, 5.41) is 0. The third-order valence-electron chi connectivity index (χ3n) is 6.03. The van der Waals surface area contributed by atoms with Gasteiger partial charge in [-0.15, -0.1) is 0 Å². The molecule has 0 aliphatic heterocycles. The molecule has 6 nitrogen and oxygen atoms in total. The van der Waals surface area contributed by atoms with Crippen molar-refractivity contribution in [2.75, 3.05) is 18.5 Å². The number of carbonyl (C=O) groups is 1. The number of nitrogens with zero attached hydrogens (tertiary/aromatic N) is 2. The topological polar surface area (TPSA) is 66.9 Å². The molecule has 0 bridgehead atoms. The van der Waals surface area contributed by atoms with E-state index in [1.54, 1.807) is 36.4 Å². The van der Waals surface area contributed by atoms with Crippen LogP contribution in [0.15, 0.2) is 47.4 Å². The van der Waals surface area contributed by atoms with E-state index in [0.717, 1.165) is 31.2 Å². The van der Waals surface area contributed by atoms with Crippen molar-refractivity contribution in [2.45, 2.75) is 63.4 Å². The maximum atomic E-state index is 13.5. The van der Waals surface area contributed by atoms with Gasteiger partial charge in [0.25, 0.3) is 15.9 Å². The Hall–Kier alpha value is -2.54. The summed E-state index contributed by atoms with van der Waals surface area (Å²) >= 11 is 0. The molecule has 1 aliphatic carbocycles. The van der Waals surface area contributed by atoms with Gasteiger partial charge in [0.1, 0.15) is 5.75 Å². The first-order valence-electron chi connectivity index (χ1n) is 10.7. The Labute approximate surface area is 185 Å². The minimum atomic E-state index is -3.88. The molecule has 1 amide bonds. The van der Waals surface area contributed by atoms with Gasteiger partial charge in [-0.05, 0) is 63.4 Å². The number of para-hydroxylation sites is 2. The van der Waals surface area contributed by atoms with Gasteiger partial charge in [0.05, 0.1) is 17.7 Å². The van der Waals surface area contributed by atoms with Gasteiger partial charge in [-0.2, -0.15) is 0 Å². The van der Waals surface area contributed by atoms with Crippen molar-refractivity contribution in [1.82, 2.24) is 4.90 Å². The standard InChI is InChI=1S/C24H32N2O4S/c1-17(2)26(19-10-6-7-11-19)24(27)21-16-20(15-14-18(21)3)31(28,29)25(4)22-12-8-9-13-23(22)30-5/h8-9,12-17,19H,6-7,10-11H2,1-5H3. The molecule has 0 atom stereocenters. The van der Waals surface area contributed by atoms with Crippen LogP contribution in [0.4, 0.5) is 5.69 Å². The van der Waals surface area contributed by atoms with Gasteiger partial charge in [0.15, 0.2) is 0 Å². The third kappa shape index (κ3) is 4.56.